The Morgan fingerprint density at radius 2 is 0.981 bits per heavy atom. The van der Waals surface area contributed by atoms with Gasteiger partial charge in [0.1, 0.15) is 17.8 Å². The summed E-state index contributed by atoms with van der Waals surface area (Å²) < 4.78 is 26.4. The number of hydrogen-bond acceptors (Lipinski definition) is 10. The smallest absolute Gasteiger partial charge is 0.459 e. The Morgan fingerprint density at radius 1 is 0.566 bits per heavy atom. The molecule has 1 N–H and O–H groups in total. The lowest BCUT2D eigenvalue weighted by Gasteiger charge is -2.61. The van der Waals surface area contributed by atoms with Crippen LogP contribution in [-0.4, -0.2) is 65.2 Å². The summed E-state index contributed by atoms with van der Waals surface area (Å²) in [5, 5.41) is 9.89. The lowest BCUT2D eigenvalue weighted by molar-refractivity contribution is -0.212. The second-order valence-electron chi connectivity index (χ2n) is 18.2. The van der Waals surface area contributed by atoms with Gasteiger partial charge in [-0.1, -0.05) is 61.7 Å². The van der Waals surface area contributed by atoms with Gasteiger partial charge < -0.3 is 28.8 Å². The van der Waals surface area contributed by atoms with Crippen molar-refractivity contribution in [2.45, 2.75) is 152 Å². The highest BCUT2D eigenvalue weighted by molar-refractivity contribution is 6.61. The minimum absolute atomic E-state index is 0.0178. The maximum atomic E-state index is 12.8. The van der Waals surface area contributed by atoms with Crippen molar-refractivity contribution in [2.75, 3.05) is 25.3 Å². The predicted octanol–water partition coefficient (Wildman–Crippen LogP) is 9.80. The second kappa shape index (κ2) is 17.8. The fourth-order valence-corrected chi connectivity index (χ4v) is 13.2. The number of hydrogen-bond donors (Lipinski definition) is 1. The van der Waals surface area contributed by atoms with E-state index in [4.69, 9.17) is 42.1 Å². The van der Waals surface area contributed by atoms with Gasteiger partial charge >= 0.3 is 23.5 Å². The molecule has 13 heteroatoms. The topological polar surface area (TPSA) is 135 Å². The zero-order valence-electron chi connectivity index (χ0n) is 31.1. The first-order chi connectivity index (χ1) is 25.4. The molecule has 10 fully saturated rings. The number of carbonyl (C=O) groups excluding carboxylic acids is 4. The summed E-state index contributed by atoms with van der Waals surface area (Å²) in [6.45, 7) is 0.626. The van der Waals surface area contributed by atoms with Crippen LogP contribution in [0.5, 0.6) is 0 Å². The molecule has 0 aliphatic heterocycles. The maximum Gasteiger partial charge on any atom is 0.509 e. The molecular formula is C40H59Cl3O10. The SMILES string of the molecule is O=C(Cl)OCCl.O=C(OC12CC3CC(CC(CO)(C3)C1)C2)C1CCCCC1.O=C(OCCl)OCC12CC3CC(C1)CC(OC(=O)C1CCCCC1)(C3)C2. The summed E-state index contributed by atoms with van der Waals surface area (Å²) in [5.41, 5.74) is -1.43. The zero-order chi connectivity index (χ0) is 37.7. The van der Waals surface area contributed by atoms with Crippen LogP contribution in [0, 0.1) is 46.3 Å². The minimum atomic E-state index is -0.870. The van der Waals surface area contributed by atoms with Gasteiger partial charge in [-0.25, -0.2) is 9.59 Å². The molecular weight excluding hydrogens is 747 g/mol. The first kappa shape index (κ1) is 41.2. The van der Waals surface area contributed by atoms with Gasteiger partial charge in [0.25, 0.3) is 0 Å². The largest absolute Gasteiger partial charge is 0.509 e. The quantitative estimate of drug-likeness (QED) is 0.104. The Hall–Kier alpha value is -1.49. The van der Waals surface area contributed by atoms with Crippen molar-refractivity contribution in [3.8, 4) is 0 Å². The maximum absolute atomic E-state index is 12.8. The van der Waals surface area contributed by atoms with Crippen LogP contribution in [0.4, 0.5) is 9.59 Å². The van der Waals surface area contributed by atoms with Crippen molar-refractivity contribution in [3.05, 3.63) is 0 Å². The number of rotatable bonds is 9. The van der Waals surface area contributed by atoms with Gasteiger partial charge in [-0.15, -0.1) is 0 Å². The van der Waals surface area contributed by atoms with E-state index in [0.29, 0.717) is 30.3 Å². The van der Waals surface area contributed by atoms with Crippen LogP contribution in [0.15, 0.2) is 0 Å². The molecule has 8 bridgehead atoms. The van der Waals surface area contributed by atoms with Crippen molar-refractivity contribution in [2.24, 2.45) is 46.3 Å². The van der Waals surface area contributed by atoms with E-state index in [1.165, 1.54) is 38.5 Å². The molecule has 4 atom stereocenters. The van der Waals surface area contributed by atoms with Crippen LogP contribution in [0.1, 0.15) is 141 Å². The highest BCUT2D eigenvalue weighted by atomic mass is 35.5. The zero-order valence-corrected chi connectivity index (χ0v) is 33.4. The monoisotopic (exact) mass is 804 g/mol. The summed E-state index contributed by atoms with van der Waals surface area (Å²) in [6, 6.07) is -0.373. The van der Waals surface area contributed by atoms with E-state index in [-0.39, 0.29) is 64.5 Å². The lowest BCUT2D eigenvalue weighted by atomic mass is 9.48. The van der Waals surface area contributed by atoms with E-state index in [0.717, 1.165) is 103 Å². The number of aliphatic hydroxyl groups excluding tert-OH is 1. The van der Waals surface area contributed by atoms with Gasteiger partial charge in [-0.05, 0) is 132 Å². The summed E-state index contributed by atoms with van der Waals surface area (Å²) in [7, 11) is 0. The Balaban J connectivity index is 0.000000160. The standard InChI is InChI=1S/C20H29ClO5.C18H28O3.C2H2Cl2O2/c21-13-25-18(23)24-12-19-7-14-6-15(8-19)10-20(9-14,11-19)26-17(22)16-4-2-1-3-5-16;19-12-17-7-13-6-14(8-17)10-18(9-13,11-17)21-16(20)15-4-2-1-3-5-15;3-1-6-2(4)5/h14-16H,1-13H2;13-15,19H,1-12H2;1H2. The van der Waals surface area contributed by atoms with E-state index < -0.39 is 11.6 Å². The highest BCUT2D eigenvalue weighted by Gasteiger charge is 2.61. The Bertz CT molecular complexity index is 1270. The van der Waals surface area contributed by atoms with Gasteiger partial charge in [-0.3, -0.25) is 9.59 Å². The van der Waals surface area contributed by atoms with E-state index in [1.807, 2.05) is 0 Å². The van der Waals surface area contributed by atoms with Gasteiger partial charge in [0, 0.05) is 23.6 Å². The number of alkyl halides is 2. The summed E-state index contributed by atoms with van der Waals surface area (Å²) in [5.74, 6) is 2.83. The van der Waals surface area contributed by atoms with Crippen molar-refractivity contribution in [3.63, 3.8) is 0 Å². The molecule has 10 saturated carbocycles. The highest BCUT2D eigenvalue weighted by Crippen LogP contribution is 2.64. The molecule has 0 aromatic rings. The number of aliphatic hydroxyl groups is 1. The molecule has 0 radical (unpaired) electrons. The lowest BCUT2D eigenvalue weighted by Crippen LogP contribution is -2.59. The Labute approximate surface area is 329 Å². The van der Waals surface area contributed by atoms with Gasteiger partial charge in [0.2, 0.25) is 0 Å². The first-order valence-corrected chi connectivity index (χ1v) is 21.7. The van der Waals surface area contributed by atoms with Crippen LogP contribution in [0.25, 0.3) is 0 Å². The fraction of sp³-hybridized carbons (Fsp3) is 0.900. The van der Waals surface area contributed by atoms with Crippen LogP contribution in [0.3, 0.4) is 0 Å². The molecule has 10 nitrogen and oxygen atoms in total. The van der Waals surface area contributed by atoms with Crippen LogP contribution < -0.4 is 0 Å². The van der Waals surface area contributed by atoms with Crippen LogP contribution in [0.2, 0.25) is 0 Å². The van der Waals surface area contributed by atoms with Gasteiger partial charge in [0.05, 0.1) is 11.8 Å². The molecule has 10 rings (SSSR count). The molecule has 300 valence electrons. The average Bonchev–Trinajstić information content (AvgIpc) is 3.11. The predicted molar refractivity (Wildman–Crippen MR) is 198 cm³/mol. The molecule has 0 spiro atoms. The normalized spacial score (nSPS) is 38.0. The molecule has 0 saturated heterocycles. The number of halogens is 3. The van der Waals surface area contributed by atoms with E-state index in [2.05, 4.69) is 16.3 Å². The van der Waals surface area contributed by atoms with Gasteiger partial charge in [-0.2, -0.15) is 0 Å². The minimum Gasteiger partial charge on any atom is -0.459 e. The molecule has 4 unspecified atom stereocenters. The van der Waals surface area contributed by atoms with Crippen molar-refractivity contribution < 1.29 is 48.0 Å². The Kier molecular flexibility index (Phi) is 13.8. The number of carbonyl (C=O) groups is 4. The molecule has 0 aromatic heterocycles. The van der Waals surface area contributed by atoms with Crippen LogP contribution in [-0.2, 0) is 33.3 Å². The first-order valence-electron chi connectivity index (χ1n) is 20.2. The third kappa shape index (κ3) is 10.3. The van der Waals surface area contributed by atoms with Crippen molar-refractivity contribution in [1.82, 2.24) is 0 Å². The third-order valence-corrected chi connectivity index (χ3v) is 14.3. The fourth-order valence-electron chi connectivity index (χ4n) is 12.9. The third-order valence-electron chi connectivity index (χ3n) is 13.9. The number of esters is 2. The van der Waals surface area contributed by atoms with Gasteiger partial charge in [0.15, 0.2) is 12.1 Å². The van der Waals surface area contributed by atoms with Crippen molar-refractivity contribution >= 4 is 58.3 Å². The molecule has 0 heterocycles. The molecule has 53 heavy (non-hydrogen) atoms. The molecule has 10 aliphatic rings. The van der Waals surface area contributed by atoms with Crippen molar-refractivity contribution in [1.29, 1.82) is 0 Å². The number of ether oxygens (including phenoxy) is 5. The molecule has 10 aliphatic carbocycles. The average molecular weight is 806 g/mol. The van der Waals surface area contributed by atoms with E-state index in [9.17, 15) is 24.3 Å². The molecule has 0 aromatic carbocycles. The summed E-state index contributed by atoms with van der Waals surface area (Å²) in [6.07, 6.45) is 23.2. The van der Waals surface area contributed by atoms with Crippen LogP contribution >= 0.6 is 34.8 Å². The summed E-state index contributed by atoms with van der Waals surface area (Å²) in [4.78, 5) is 46.5. The van der Waals surface area contributed by atoms with E-state index >= 15 is 0 Å². The second-order valence-corrected chi connectivity index (χ2v) is 19.0. The van der Waals surface area contributed by atoms with E-state index in [1.54, 1.807) is 0 Å². The summed E-state index contributed by atoms with van der Waals surface area (Å²) >= 11 is 14.9. The molecule has 0 amide bonds. The Morgan fingerprint density at radius 3 is 1.36 bits per heavy atom.